The molecular formula is C24H34N4O3. The van der Waals surface area contributed by atoms with Gasteiger partial charge in [-0.2, -0.15) is 0 Å². The highest BCUT2D eigenvalue weighted by molar-refractivity contribution is 6.02. The summed E-state index contributed by atoms with van der Waals surface area (Å²) in [5.41, 5.74) is 1.08. The van der Waals surface area contributed by atoms with Crippen LogP contribution in [-0.2, 0) is 9.53 Å². The largest absolute Gasteiger partial charge is 0.383 e. The summed E-state index contributed by atoms with van der Waals surface area (Å²) < 4.78 is 5.19. The Labute approximate surface area is 184 Å². The van der Waals surface area contributed by atoms with Gasteiger partial charge < -0.3 is 20.3 Å². The van der Waals surface area contributed by atoms with Crippen LogP contribution in [0.4, 0.5) is 5.69 Å². The minimum atomic E-state index is -0.436. The maximum absolute atomic E-state index is 13.6. The van der Waals surface area contributed by atoms with Crippen LogP contribution in [0.15, 0.2) is 24.3 Å². The fourth-order valence-electron chi connectivity index (χ4n) is 6.46. The Bertz CT molecular complexity index is 868. The zero-order chi connectivity index (χ0) is 21.6. The number of nitrogens with zero attached hydrogens (tertiary/aromatic N) is 2. The second-order valence-electron chi connectivity index (χ2n) is 10.1. The average molecular weight is 427 g/mol. The fourth-order valence-corrected chi connectivity index (χ4v) is 6.46. The summed E-state index contributed by atoms with van der Waals surface area (Å²) in [6.45, 7) is 7.36. The third-order valence-corrected chi connectivity index (χ3v) is 8.26. The van der Waals surface area contributed by atoms with Gasteiger partial charge in [0.25, 0.3) is 5.91 Å². The highest BCUT2D eigenvalue weighted by Crippen LogP contribution is 2.58. The predicted octanol–water partition coefficient (Wildman–Crippen LogP) is 2.16. The van der Waals surface area contributed by atoms with E-state index < -0.39 is 5.66 Å². The quantitative estimate of drug-likeness (QED) is 0.772. The second-order valence-corrected chi connectivity index (χ2v) is 10.1. The summed E-state index contributed by atoms with van der Waals surface area (Å²) in [6, 6.07) is 7.73. The second kappa shape index (κ2) is 7.78. The van der Waals surface area contributed by atoms with Crippen molar-refractivity contribution in [3.8, 4) is 0 Å². The number of amides is 2. The highest BCUT2D eigenvalue weighted by atomic mass is 16.5. The molecule has 6 rings (SSSR count). The Morgan fingerprint density at radius 3 is 2.71 bits per heavy atom. The highest BCUT2D eigenvalue weighted by Gasteiger charge is 2.60. The maximum Gasteiger partial charge on any atom is 0.255 e. The smallest absolute Gasteiger partial charge is 0.255 e. The third kappa shape index (κ3) is 3.52. The first-order valence-electron chi connectivity index (χ1n) is 11.6. The number of carbonyl (C=O) groups is 2. The molecule has 1 spiro atoms. The van der Waals surface area contributed by atoms with Gasteiger partial charge in [-0.1, -0.05) is 19.1 Å². The molecule has 31 heavy (non-hydrogen) atoms. The standard InChI is InChI=1S/C24H34N4O3/c1-23-8-7-17(24(16-23)25-20-6-4-3-5-18(20)21(29)26-24)15-19(23)22(30)28-11-9-27(10-12-28)13-14-31-2/h3-6,17,19,25H,7-16H2,1-2H3,(H,26,29)/t17?,19?,23?,24-/m0/s1. The Kier molecular flexibility index (Phi) is 5.21. The van der Waals surface area contributed by atoms with E-state index >= 15 is 0 Å². The van der Waals surface area contributed by atoms with Crippen LogP contribution in [0.5, 0.6) is 0 Å². The Hall–Kier alpha value is -2.12. The summed E-state index contributed by atoms with van der Waals surface area (Å²) in [6.07, 6.45) is 3.73. The molecule has 0 radical (unpaired) electrons. The summed E-state index contributed by atoms with van der Waals surface area (Å²) in [4.78, 5) is 30.9. The zero-order valence-corrected chi connectivity index (χ0v) is 18.7. The van der Waals surface area contributed by atoms with E-state index in [1.807, 2.05) is 24.3 Å². The van der Waals surface area contributed by atoms with Crippen LogP contribution in [0.3, 0.4) is 0 Å². The van der Waals surface area contributed by atoms with Gasteiger partial charge in [-0.25, -0.2) is 0 Å². The number of methoxy groups -OCH3 is 1. The van der Waals surface area contributed by atoms with E-state index in [0.717, 1.165) is 70.7 Å². The number of para-hydroxylation sites is 1. The summed E-state index contributed by atoms with van der Waals surface area (Å²) in [7, 11) is 1.73. The van der Waals surface area contributed by atoms with Crippen LogP contribution < -0.4 is 10.6 Å². The Morgan fingerprint density at radius 2 is 1.97 bits per heavy atom. The van der Waals surface area contributed by atoms with Gasteiger partial charge in [-0.15, -0.1) is 0 Å². The Morgan fingerprint density at radius 1 is 1.19 bits per heavy atom. The van der Waals surface area contributed by atoms with Crippen LogP contribution in [0.2, 0.25) is 0 Å². The van der Waals surface area contributed by atoms with Crippen LogP contribution in [0.25, 0.3) is 0 Å². The molecule has 1 aromatic rings. The van der Waals surface area contributed by atoms with Crippen molar-refractivity contribution in [2.45, 2.75) is 38.3 Å². The number of rotatable bonds is 4. The summed E-state index contributed by atoms with van der Waals surface area (Å²) >= 11 is 0. The topological polar surface area (TPSA) is 73.9 Å². The Balaban J connectivity index is 1.30. The molecule has 7 nitrogen and oxygen atoms in total. The molecule has 2 aliphatic heterocycles. The van der Waals surface area contributed by atoms with Crippen molar-refractivity contribution in [1.29, 1.82) is 0 Å². The molecule has 0 aromatic heterocycles. The molecule has 3 saturated carbocycles. The molecule has 7 heteroatoms. The molecule has 2 bridgehead atoms. The van der Waals surface area contributed by atoms with E-state index in [2.05, 4.69) is 27.4 Å². The number of anilines is 1. The number of ether oxygens (including phenoxy) is 1. The number of carbonyl (C=O) groups excluding carboxylic acids is 2. The minimum Gasteiger partial charge on any atom is -0.383 e. The molecule has 168 valence electrons. The number of hydrogen-bond acceptors (Lipinski definition) is 5. The molecule has 5 aliphatic rings. The van der Waals surface area contributed by atoms with Crippen LogP contribution in [-0.4, -0.2) is 73.7 Å². The monoisotopic (exact) mass is 426 g/mol. The SMILES string of the molecule is COCCN1CCN(C(=O)C2CC3CCC2(C)C[C@]32NC(=O)c3ccccc3N2)CC1. The third-order valence-electron chi connectivity index (χ3n) is 8.26. The molecule has 2 heterocycles. The minimum absolute atomic E-state index is 0.000516. The number of fused-ring (bicyclic) bond motifs is 3. The van der Waals surface area contributed by atoms with Crippen molar-refractivity contribution in [1.82, 2.24) is 15.1 Å². The normalized spacial score (nSPS) is 34.9. The number of piperazine rings is 1. The number of hydrogen-bond donors (Lipinski definition) is 2. The molecule has 1 aromatic carbocycles. The van der Waals surface area contributed by atoms with Crippen molar-refractivity contribution in [2.24, 2.45) is 17.3 Å². The van der Waals surface area contributed by atoms with E-state index in [-0.39, 0.29) is 23.2 Å². The lowest BCUT2D eigenvalue weighted by molar-refractivity contribution is -0.152. The van der Waals surface area contributed by atoms with Gasteiger partial charge >= 0.3 is 0 Å². The van der Waals surface area contributed by atoms with E-state index in [9.17, 15) is 9.59 Å². The molecular weight excluding hydrogens is 392 g/mol. The maximum atomic E-state index is 13.6. The first-order valence-corrected chi connectivity index (χ1v) is 11.6. The van der Waals surface area contributed by atoms with Gasteiger partial charge in [0.2, 0.25) is 5.91 Å². The van der Waals surface area contributed by atoms with E-state index in [1.54, 1.807) is 7.11 Å². The van der Waals surface area contributed by atoms with Gasteiger partial charge in [0, 0.05) is 57.4 Å². The van der Waals surface area contributed by atoms with Crippen molar-refractivity contribution in [2.75, 3.05) is 51.8 Å². The number of benzene rings is 1. The molecule has 3 aliphatic carbocycles. The average Bonchev–Trinajstić information content (AvgIpc) is 2.77. The van der Waals surface area contributed by atoms with Gasteiger partial charge in [0.15, 0.2) is 0 Å². The summed E-state index contributed by atoms with van der Waals surface area (Å²) in [5.74, 6) is 0.624. The fraction of sp³-hybridized carbons (Fsp3) is 0.667. The van der Waals surface area contributed by atoms with Crippen LogP contribution >= 0.6 is 0 Å². The molecule has 4 atom stereocenters. The van der Waals surface area contributed by atoms with Crippen molar-refractivity contribution in [3.63, 3.8) is 0 Å². The van der Waals surface area contributed by atoms with E-state index in [4.69, 9.17) is 4.74 Å². The lowest BCUT2D eigenvalue weighted by Gasteiger charge is -2.61. The predicted molar refractivity (Wildman–Crippen MR) is 119 cm³/mol. The molecule has 2 amide bonds. The molecule has 1 saturated heterocycles. The van der Waals surface area contributed by atoms with Gasteiger partial charge in [-0.3, -0.25) is 14.5 Å². The first-order chi connectivity index (χ1) is 14.9. The lowest BCUT2D eigenvalue weighted by atomic mass is 9.51. The lowest BCUT2D eigenvalue weighted by Crippen LogP contribution is -2.70. The first kappa shape index (κ1) is 20.8. The summed E-state index contributed by atoms with van der Waals surface area (Å²) in [5, 5.41) is 7.00. The molecule has 2 N–H and O–H groups in total. The number of nitrogens with one attached hydrogen (secondary N) is 2. The van der Waals surface area contributed by atoms with Crippen molar-refractivity contribution in [3.05, 3.63) is 29.8 Å². The van der Waals surface area contributed by atoms with Crippen molar-refractivity contribution >= 4 is 17.5 Å². The van der Waals surface area contributed by atoms with Crippen molar-refractivity contribution < 1.29 is 14.3 Å². The van der Waals surface area contributed by atoms with Gasteiger partial charge in [0.1, 0.15) is 5.66 Å². The van der Waals surface area contributed by atoms with E-state index in [0.29, 0.717) is 11.5 Å². The van der Waals surface area contributed by atoms with Crippen LogP contribution in [0.1, 0.15) is 43.0 Å². The molecule has 4 fully saturated rings. The van der Waals surface area contributed by atoms with Crippen LogP contribution in [0, 0.1) is 17.3 Å². The molecule has 3 unspecified atom stereocenters. The van der Waals surface area contributed by atoms with Gasteiger partial charge in [-0.05, 0) is 43.2 Å². The van der Waals surface area contributed by atoms with Gasteiger partial charge in [0.05, 0.1) is 12.2 Å². The zero-order valence-electron chi connectivity index (χ0n) is 18.7. The van der Waals surface area contributed by atoms with E-state index in [1.165, 1.54) is 0 Å².